The number of nitrogens with zero attached hydrogens (tertiary/aromatic N) is 2. The van der Waals surface area contributed by atoms with Crippen molar-refractivity contribution in [2.45, 2.75) is 16.1 Å². The van der Waals surface area contributed by atoms with E-state index in [1.54, 1.807) is 0 Å². The quantitative estimate of drug-likeness (QED) is 0.168. The molecule has 1 aliphatic heterocycles. The first-order valence-corrected chi connectivity index (χ1v) is 20.2. The van der Waals surface area contributed by atoms with E-state index in [9.17, 15) is 0 Å². The fourth-order valence-corrected chi connectivity index (χ4v) is 11.2. The molecule has 0 amide bonds. The van der Waals surface area contributed by atoms with E-state index >= 15 is 0 Å². The third-order valence-corrected chi connectivity index (χ3v) is 13.4. The molecule has 2 heterocycles. The second-order valence-electron chi connectivity index (χ2n) is 14.0. The van der Waals surface area contributed by atoms with Crippen molar-refractivity contribution < 1.29 is 0 Å². The van der Waals surface area contributed by atoms with Gasteiger partial charge in [-0.3, -0.25) is 0 Å². The van der Waals surface area contributed by atoms with Crippen molar-refractivity contribution in [2.75, 3.05) is 9.80 Å². The van der Waals surface area contributed by atoms with Crippen LogP contribution >= 0.6 is 23.1 Å². The summed E-state index contributed by atoms with van der Waals surface area (Å²) in [6.07, 6.45) is 9.16. The van der Waals surface area contributed by atoms with Gasteiger partial charge in [0.2, 0.25) is 0 Å². The number of fused-ring (bicyclic) bond motifs is 10. The van der Waals surface area contributed by atoms with Crippen molar-refractivity contribution in [1.82, 2.24) is 0 Å². The molecular weight excluding hydrogens is 693 g/mol. The van der Waals surface area contributed by atoms with E-state index in [1.807, 2.05) is 23.1 Å². The van der Waals surface area contributed by atoms with Gasteiger partial charge in [-0.1, -0.05) is 127 Å². The van der Waals surface area contributed by atoms with E-state index in [1.165, 1.54) is 63.6 Å². The summed E-state index contributed by atoms with van der Waals surface area (Å²) in [6, 6.07) is 62.2. The molecule has 8 aromatic carbocycles. The summed E-state index contributed by atoms with van der Waals surface area (Å²) >= 11 is 3.89. The van der Waals surface area contributed by atoms with Crippen LogP contribution in [0, 0.1) is 0 Å². The van der Waals surface area contributed by atoms with E-state index in [2.05, 4.69) is 204 Å². The van der Waals surface area contributed by atoms with Crippen LogP contribution in [0.3, 0.4) is 0 Å². The molecule has 256 valence electrons. The molecule has 2 nitrogen and oxygen atoms in total. The third-order valence-electron chi connectivity index (χ3n) is 10.9. The molecule has 9 aromatic rings. The van der Waals surface area contributed by atoms with Gasteiger partial charge >= 0.3 is 0 Å². The van der Waals surface area contributed by atoms with Crippen molar-refractivity contribution in [3.63, 3.8) is 0 Å². The van der Waals surface area contributed by atoms with Gasteiger partial charge in [-0.05, 0) is 88.5 Å². The van der Waals surface area contributed by atoms with Crippen LogP contribution in [0.5, 0.6) is 0 Å². The molecule has 0 saturated carbocycles. The normalized spacial score (nSPS) is 15.9. The first-order chi connectivity index (χ1) is 26.8. The summed E-state index contributed by atoms with van der Waals surface area (Å²) in [7, 11) is 0. The van der Waals surface area contributed by atoms with E-state index in [-0.39, 0.29) is 0 Å². The zero-order chi connectivity index (χ0) is 35.6. The maximum atomic E-state index is 2.48. The minimum atomic E-state index is 0.387. The lowest BCUT2D eigenvalue weighted by molar-refractivity contribution is 0.890. The predicted octanol–water partition coefficient (Wildman–Crippen LogP) is 15.0. The highest BCUT2D eigenvalue weighted by molar-refractivity contribution is 8.00. The van der Waals surface area contributed by atoms with E-state index in [0.29, 0.717) is 11.2 Å². The third kappa shape index (κ3) is 5.02. The maximum absolute atomic E-state index is 2.48. The van der Waals surface area contributed by atoms with E-state index < -0.39 is 0 Å². The average Bonchev–Trinajstić information content (AvgIpc) is 3.81. The molecule has 0 spiro atoms. The van der Waals surface area contributed by atoms with Gasteiger partial charge in [0, 0.05) is 64.4 Å². The van der Waals surface area contributed by atoms with Crippen LogP contribution in [0.25, 0.3) is 41.7 Å². The van der Waals surface area contributed by atoms with Crippen LogP contribution in [0.2, 0.25) is 0 Å². The Bertz CT molecular complexity index is 2890. The molecular formula is C50H34N2S2. The van der Waals surface area contributed by atoms with Crippen LogP contribution in [0.15, 0.2) is 199 Å². The number of thiophene rings is 1. The van der Waals surface area contributed by atoms with Gasteiger partial charge in [-0.15, -0.1) is 23.1 Å². The number of hydrogen-bond donors (Lipinski definition) is 0. The van der Waals surface area contributed by atoms with Crippen molar-refractivity contribution >= 4 is 98.9 Å². The highest BCUT2D eigenvalue weighted by atomic mass is 32.2. The molecule has 0 bridgehead atoms. The number of thioether (sulfide) groups is 1. The number of allylic oxidation sites excluding steroid dienone is 3. The Morgan fingerprint density at radius 3 is 1.74 bits per heavy atom. The Labute approximate surface area is 322 Å². The number of hydrogen-bond acceptors (Lipinski definition) is 4. The zero-order valence-electron chi connectivity index (χ0n) is 29.3. The smallest absolute Gasteiger partial charge is 0.0561 e. The molecule has 0 radical (unpaired) electrons. The SMILES string of the molecule is C1=CC2Sc3cc(N(c4ccccc4)c4ccc5sc6c7ccccc7cc(N(c7ccccc7)c7ccccc7)c6c5c4)c4ccccc4c3C2C=C1. The molecule has 11 rings (SSSR count). The fraction of sp³-hybridized carbons (Fsp3) is 0.0400. The minimum absolute atomic E-state index is 0.387. The Morgan fingerprint density at radius 1 is 0.444 bits per heavy atom. The lowest BCUT2D eigenvalue weighted by atomic mass is 9.88. The van der Waals surface area contributed by atoms with Crippen molar-refractivity contribution in [2.24, 2.45) is 0 Å². The lowest BCUT2D eigenvalue weighted by Gasteiger charge is -2.28. The van der Waals surface area contributed by atoms with Gasteiger partial charge in [0.1, 0.15) is 0 Å². The van der Waals surface area contributed by atoms with Gasteiger partial charge < -0.3 is 9.80 Å². The van der Waals surface area contributed by atoms with Crippen LogP contribution in [-0.2, 0) is 0 Å². The molecule has 2 aliphatic rings. The largest absolute Gasteiger partial charge is 0.310 e. The summed E-state index contributed by atoms with van der Waals surface area (Å²) in [5.41, 5.74) is 8.39. The molecule has 54 heavy (non-hydrogen) atoms. The first-order valence-electron chi connectivity index (χ1n) is 18.5. The molecule has 1 aromatic heterocycles. The number of rotatable bonds is 6. The fourth-order valence-electron chi connectivity index (χ4n) is 8.57. The highest BCUT2D eigenvalue weighted by Crippen LogP contribution is 2.55. The Hall–Kier alpha value is -6.07. The molecule has 4 heteroatoms. The summed E-state index contributed by atoms with van der Waals surface area (Å²) in [5, 5.41) is 8.08. The van der Waals surface area contributed by atoms with Crippen molar-refractivity contribution in [3.8, 4) is 0 Å². The average molecular weight is 727 g/mol. The summed E-state index contributed by atoms with van der Waals surface area (Å²) in [4.78, 5) is 6.27. The second kappa shape index (κ2) is 12.8. The van der Waals surface area contributed by atoms with E-state index in [4.69, 9.17) is 0 Å². The first kappa shape index (κ1) is 31.5. The number of benzene rings is 8. The minimum Gasteiger partial charge on any atom is -0.310 e. The molecule has 1 aliphatic carbocycles. The maximum Gasteiger partial charge on any atom is 0.0561 e. The van der Waals surface area contributed by atoms with Crippen LogP contribution < -0.4 is 9.80 Å². The van der Waals surface area contributed by atoms with Crippen molar-refractivity contribution in [3.05, 3.63) is 200 Å². The summed E-state index contributed by atoms with van der Waals surface area (Å²) in [6.45, 7) is 0. The van der Waals surface area contributed by atoms with Crippen LogP contribution in [0.4, 0.5) is 34.1 Å². The molecule has 0 fully saturated rings. The zero-order valence-corrected chi connectivity index (χ0v) is 31.0. The monoisotopic (exact) mass is 726 g/mol. The number of anilines is 6. The van der Waals surface area contributed by atoms with Gasteiger partial charge in [0.05, 0.1) is 11.4 Å². The van der Waals surface area contributed by atoms with Gasteiger partial charge in [-0.2, -0.15) is 0 Å². The van der Waals surface area contributed by atoms with Crippen molar-refractivity contribution in [1.29, 1.82) is 0 Å². The molecule has 0 saturated heterocycles. The van der Waals surface area contributed by atoms with Gasteiger partial charge in [-0.25, -0.2) is 0 Å². The van der Waals surface area contributed by atoms with Gasteiger partial charge in [0.25, 0.3) is 0 Å². The highest BCUT2D eigenvalue weighted by Gasteiger charge is 2.34. The number of para-hydroxylation sites is 3. The molecule has 2 unspecified atom stereocenters. The van der Waals surface area contributed by atoms with Gasteiger partial charge in [0.15, 0.2) is 0 Å². The van der Waals surface area contributed by atoms with Crippen LogP contribution in [0.1, 0.15) is 11.5 Å². The van der Waals surface area contributed by atoms with E-state index in [0.717, 1.165) is 22.7 Å². The molecule has 0 N–H and O–H groups in total. The molecule has 2 atom stereocenters. The topological polar surface area (TPSA) is 6.48 Å². The standard InChI is InChI=1S/C50H34N2S2/c1-4-17-34(18-5-1)51(35-19-6-2-7-20-35)44-30-33-16-10-11-23-38(33)50-49(44)42-31-37(28-29-46(42)54-50)52(36-21-8-3-9-22-36)43-32-47-48(40-25-13-12-24-39(40)43)41-26-14-15-27-45(41)53-47/h1-32,41,45H. The Balaban J connectivity index is 1.19. The summed E-state index contributed by atoms with van der Waals surface area (Å²) in [5.74, 6) is 0.387. The lowest BCUT2D eigenvalue weighted by Crippen LogP contribution is -2.11. The summed E-state index contributed by atoms with van der Waals surface area (Å²) < 4.78 is 2.58. The van der Waals surface area contributed by atoms with Crippen LogP contribution in [-0.4, -0.2) is 5.25 Å². The Morgan fingerprint density at radius 2 is 1.04 bits per heavy atom. The Kier molecular flexibility index (Phi) is 7.46. The predicted molar refractivity (Wildman–Crippen MR) is 234 cm³/mol. The second-order valence-corrected chi connectivity index (χ2v) is 16.3.